The summed E-state index contributed by atoms with van der Waals surface area (Å²) in [5, 5.41) is 14.3. The predicted molar refractivity (Wildman–Crippen MR) is 79.1 cm³/mol. The van der Waals surface area contributed by atoms with Crippen molar-refractivity contribution in [3.05, 3.63) is 27.1 Å². The highest BCUT2D eigenvalue weighted by Gasteiger charge is 2.11. The summed E-state index contributed by atoms with van der Waals surface area (Å²) in [7, 11) is 0. The van der Waals surface area contributed by atoms with E-state index in [9.17, 15) is 4.79 Å². The van der Waals surface area contributed by atoms with Crippen LogP contribution in [0.1, 0.15) is 30.5 Å². The molecule has 0 aromatic carbocycles. The van der Waals surface area contributed by atoms with Crippen molar-refractivity contribution in [2.24, 2.45) is 0 Å². The number of aliphatic hydroxyl groups excluding tert-OH is 1. The van der Waals surface area contributed by atoms with E-state index in [0.717, 1.165) is 24.4 Å². The van der Waals surface area contributed by atoms with E-state index in [4.69, 9.17) is 5.11 Å². The predicted octanol–water partition coefficient (Wildman–Crippen LogP) is 1.05. The zero-order chi connectivity index (χ0) is 14.5. The van der Waals surface area contributed by atoms with Crippen LogP contribution in [0.5, 0.6) is 0 Å². The van der Waals surface area contributed by atoms with Gasteiger partial charge in [0.2, 0.25) is 4.96 Å². The summed E-state index contributed by atoms with van der Waals surface area (Å²) >= 11 is 1.43. The van der Waals surface area contributed by atoms with Crippen LogP contribution >= 0.6 is 11.3 Å². The smallest absolute Gasteiger partial charge is 0.275 e. The van der Waals surface area contributed by atoms with Crippen molar-refractivity contribution in [2.75, 3.05) is 19.7 Å². The maximum Gasteiger partial charge on any atom is 0.275 e. The van der Waals surface area contributed by atoms with Gasteiger partial charge in [0.25, 0.3) is 5.56 Å². The Balaban J connectivity index is 2.19. The first kappa shape index (κ1) is 15.1. The summed E-state index contributed by atoms with van der Waals surface area (Å²) in [5.74, 6) is 0. The van der Waals surface area contributed by atoms with Gasteiger partial charge in [0.1, 0.15) is 5.01 Å². The van der Waals surface area contributed by atoms with Crippen LogP contribution in [0.25, 0.3) is 4.96 Å². The fourth-order valence-electron chi connectivity index (χ4n) is 2.01. The molecule has 20 heavy (non-hydrogen) atoms. The van der Waals surface area contributed by atoms with E-state index < -0.39 is 0 Å². The van der Waals surface area contributed by atoms with Gasteiger partial charge in [-0.05, 0) is 19.9 Å². The van der Waals surface area contributed by atoms with Gasteiger partial charge in [0, 0.05) is 18.3 Å². The van der Waals surface area contributed by atoms with E-state index in [-0.39, 0.29) is 12.2 Å². The molecular weight excluding hydrogens is 276 g/mol. The summed E-state index contributed by atoms with van der Waals surface area (Å²) in [4.78, 5) is 18.9. The van der Waals surface area contributed by atoms with Gasteiger partial charge in [-0.1, -0.05) is 24.7 Å². The molecule has 0 aliphatic rings. The fraction of sp³-hybridized carbons (Fsp3) is 0.615. The molecule has 1 N–H and O–H groups in total. The minimum absolute atomic E-state index is 0.131. The first-order valence-electron chi connectivity index (χ1n) is 6.83. The zero-order valence-electron chi connectivity index (χ0n) is 11.9. The summed E-state index contributed by atoms with van der Waals surface area (Å²) in [6, 6.07) is 1.49. The molecule has 2 rings (SSSR count). The molecule has 0 spiro atoms. The molecular formula is C13H20N4O2S. The molecule has 0 amide bonds. The van der Waals surface area contributed by atoms with Crippen molar-refractivity contribution in [2.45, 2.75) is 33.2 Å². The molecule has 2 aromatic rings. The normalized spacial score (nSPS) is 11.6. The quantitative estimate of drug-likeness (QED) is 0.827. The number of aliphatic hydroxyl groups is 1. The van der Waals surface area contributed by atoms with Crippen LogP contribution in [0.2, 0.25) is 0 Å². The number of hydrogen-bond acceptors (Lipinski definition) is 6. The Morgan fingerprint density at radius 1 is 1.45 bits per heavy atom. The number of aryl methyl sites for hydroxylation is 1. The monoisotopic (exact) mass is 296 g/mol. The average Bonchev–Trinajstić information content (AvgIpc) is 2.79. The van der Waals surface area contributed by atoms with Crippen LogP contribution in [0.15, 0.2) is 10.9 Å². The molecule has 0 radical (unpaired) electrons. The van der Waals surface area contributed by atoms with Crippen molar-refractivity contribution >= 4 is 16.3 Å². The first-order valence-corrected chi connectivity index (χ1v) is 7.65. The SMILES string of the molecule is CCCCN(CCO)Cc1nn2c(=O)cc(C)nc2s1. The van der Waals surface area contributed by atoms with E-state index in [1.165, 1.54) is 21.9 Å². The van der Waals surface area contributed by atoms with Crippen molar-refractivity contribution in [1.82, 2.24) is 19.5 Å². The second-order valence-electron chi connectivity index (χ2n) is 4.78. The van der Waals surface area contributed by atoms with E-state index in [1.807, 2.05) is 0 Å². The van der Waals surface area contributed by atoms with Crippen LogP contribution in [-0.4, -0.2) is 44.3 Å². The molecule has 0 saturated carbocycles. The van der Waals surface area contributed by atoms with Gasteiger partial charge in [-0.2, -0.15) is 9.61 Å². The highest BCUT2D eigenvalue weighted by Crippen LogP contribution is 2.14. The Bertz CT molecular complexity index is 622. The maximum absolute atomic E-state index is 11.8. The van der Waals surface area contributed by atoms with Gasteiger partial charge < -0.3 is 5.11 Å². The molecule has 2 heterocycles. The summed E-state index contributed by atoms with van der Waals surface area (Å²) in [5.41, 5.74) is 0.570. The third kappa shape index (κ3) is 3.62. The Kier molecular flexibility index (Phi) is 5.22. The zero-order valence-corrected chi connectivity index (χ0v) is 12.7. The van der Waals surface area contributed by atoms with E-state index in [1.54, 1.807) is 6.92 Å². The molecule has 7 heteroatoms. The highest BCUT2D eigenvalue weighted by atomic mass is 32.1. The lowest BCUT2D eigenvalue weighted by Crippen LogP contribution is -2.27. The molecule has 2 aromatic heterocycles. The lowest BCUT2D eigenvalue weighted by atomic mass is 10.3. The van der Waals surface area contributed by atoms with E-state index in [2.05, 4.69) is 21.9 Å². The number of fused-ring (bicyclic) bond motifs is 1. The van der Waals surface area contributed by atoms with Crippen LogP contribution < -0.4 is 5.56 Å². The number of rotatable bonds is 7. The number of aromatic nitrogens is 3. The summed E-state index contributed by atoms with van der Waals surface area (Å²) in [6.07, 6.45) is 2.20. The highest BCUT2D eigenvalue weighted by molar-refractivity contribution is 7.16. The second kappa shape index (κ2) is 6.92. The topological polar surface area (TPSA) is 70.7 Å². The first-order chi connectivity index (χ1) is 9.63. The van der Waals surface area contributed by atoms with Gasteiger partial charge in [0.15, 0.2) is 0 Å². The van der Waals surface area contributed by atoms with Gasteiger partial charge in [-0.15, -0.1) is 0 Å². The molecule has 0 aliphatic carbocycles. The van der Waals surface area contributed by atoms with Crippen LogP contribution in [0.4, 0.5) is 0 Å². The molecule has 0 bridgehead atoms. The van der Waals surface area contributed by atoms with Crippen LogP contribution in [0.3, 0.4) is 0 Å². The van der Waals surface area contributed by atoms with Gasteiger partial charge >= 0.3 is 0 Å². The molecule has 0 fully saturated rings. The van der Waals surface area contributed by atoms with Crippen LogP contribution in [-0.2, 0) is 6.54 Å². The Labute approximate surface area is 121 Å². The van der Waals surface area contributed by atoms with Gasteiger partial charge in [-0.25, -0.2) is 4.98 Å². The van der Waals surface area contributed by atoms with E-state index >= 15 is 0 Å². The molecule has 6 nitrogen and oxygen atoms in total. The number of unbranched alkanes of at least 4 members (excludes halogenated alkanes) is 1. The molecule has 0 aliphatic heterocycles. The molecule has 110 valence electrons. The third-order valence-electron chi connectivity index (χ3n) is 3.02. The lowest BCUT2D eigenvalue weighted by molar-refractivity contribution is 0.188. The fourth-order valence-corrected chi connectivity index (χ4v) is 3.00. The van der Waals surface area contributed by atoms with Gasteiger partial charge in [-0.3, -0.25) is 9.69 Å². The Morgan fingerprint density at radius 2 is 2.25 bits per heavy atom. The average molecular weight is 296 g/mol. The Morgan fingerprint density at radius 3 is 2.95 bits per heavy atom. The molecule has 0 unspecified atom stereocenters. The minimum atomic E-state index is -0.141. The van der Waals surface area contributed by atoms with Crippen molar-refractivity contribution in [1.29, 1.82) is 0 Å². The summed E-state index contributed by atoms with van der Waals surface area (Å²) in [6.45, 7) is 6.27. The van der Waals surface area contributed by atoms with Crippen molar-refractivity contribution in [3.63, 3.8) is 0 Å². The summed E-state index contributed by atoms with van der Waals surface area (Å²) < 4.78 is 1.35. The van der Waals surface area contributed by atoms with Gasteiger partial charge in [0.05, 0.1) is 13.2 Å². The third-order valence-corrected chi connectivity index (χ3v) is 3.91. The maximum atomic E-state index is 11.8. The number of nitrogens with zero attached hydrogens (tertiary/aromatic N) is 4. The van der Waals surface area contributed by atoms with E-state index in [0.29, 0.717) is 23.7 Å². The Hall–Kier alpha value is -1.31. The number of hydrogen-bond donors (Lipinski definition) is 1. The molecule has 0 atom stereocenters. The van der Waals surface area contributed by atoms with Crippen molar-refractivity contribution in [3.8, 4) is 0 Å². The minimum Gasteiger partial charge on any atom is -0.395 e. The second-order valence-corrected chi connectivity index (χ2v) is 5.82. The largest absolute Gasteiger partial charge is 0.395 e. The lowest BCUT2D eigenvalue weighted by Gasteiger charge is -2.19. The molecule has 0 saturated heterocycles. The van der Waals surface area contributed by atoms with Crippen LogP contribution in [0, 0.1) is 6.92 Å². The van der Waals surface area contributed by atoms with Crippen molar-refractivity contribution < 1.29 is 5.11 Å². The standard InChI is InChI=1S/C13H20N4O2S/c1-3-4-5-16(6-7-18)9-11-15-17-12(19)8-10(2)14-13(17)20-11/h8,18H,3-7,9H2,1-2H3.